The first kappa shape index (κ1) is 13.1. The molecule has 3 heteroatoms. The first-order valence-electron chi connectivity index (χ1n) is 5.30. The van der Waals surface area contributed by atoms with Crippen molar-refractivity contribution in [2.24, 2.45) is 0 Å². The number of amides is 1. The molecule has 0 aromatic heterocycles. The summed E-state index contributed by atoms with van der Waals surface area (Å²) in [6, 6.07) is 0. The first-order chi connectivity index (χ1) is 6.66. The fraction of sp³-hybridized carbons (Fsp3) is 0.818. The predicted molar refractivity (Wildman–Crippen MR) is 57.1 cm³/mol. The van der Waals surface area contributed by atoms with Crippen molar-refractivity contribution < 1.29 is 9.59 Å². The molecule has 0 unspecified atom stereocenters. The molecule has 0 N–H and O–H groups in total. The molecule has 0 aromatic rings. The van der Waals surface area contributed by atoms with E-state index in [1.54, 1.807) is 14.1 Å². The molecule has 1 saturated carbocycles. The second-order valence-corrected chi connectivity index (χ2v) is 3.88. The summed E-state index contributed by atoms with van der Waals surface area (Å²) in [5.74, 6) is 0.481. The van der Waals surface area contributed by atoms with Gasteiger partial charge in [-0.3, -0.25) is 9.59 Å². The van der Waals surface area contributed by atoms with Crippen molar-refractivity contribution in [2.45, 2.75) is 44.9 Å². The minimum absolute atomic E-state index is 0.481. The smallest absolute Gasteiger partial charge is 0.209 e. The summed E-state index contributed by atoms with van der Waals surface area (Å²) in [6.45, 7) is 0. The van der Waals surface area contributed by atoms with Gasteiger partial charge in [-0.15, -0.1) is 0 Å². The zero-order valence-corrected chi connectivity index (χ0v) is 9.29. The lowest BCUT2D eigenvalue weighted by molar-refractivity contribution is -0.119. The Morgan fingerprint density at radius 2 is 1.36 bits per heavy atom. The zero-order valence-electron chi connectivity index (χ0n) is 9.29. The van der Waals surface area contributed by atoms with Gasteiger partial charge in [-0.1, -0.05) is 19.3 Å². The Bertz CT molecular complexity index is 157. The molecular weight excluding hydrogens is 178 g/mol. The molecule has 0 spiro atoms. The van der Waals surface area contributed by atoms with Gasteiger partial charge in [0.15, 0.2) is 0 Å². The fourth-order valence-electron chi connectivity index (χ4n) is 1.30. The Morgan fingerprint density at radius 1 is 1.00 bits per heavy atom. The summed E-state index contributed by atoms with van der Waals surface area (Å²) >= 11 is 0. The van der Waals surface area contributed by atoms with Crippen LogP contribution in [0.25, 0.3) is 0 Å². The highest BCUT2D eigenvalue weighted by Gasteiger charge is 2.04. The molecule has 0 atom stereocenters. The Hall–Kier alpha value is -0.860. The molecule has 0 aromatic carbocycles. The topological polar surface area (TPSA) is 37.4 Å². The third-order valence-corrected chi connectivity index (χ3v) is 2.12. The Labute approximate surface area is 86.5 Å². The van der Waals surface area contributed by atoms with Crippen LogP contribution in [0.4, 0.5) is 0 Å². The van der Waals surface area contributed by atoms with E-state index in [-0.39, 0.29) is 0 Å². The first-order valence-corrected chi connectivity index (χ1v) is 5.30. The van der Waals surface area contributed by atoms with Gasteiger partial charge in [-0.05, 0) is 12.8 Å². The Kier molecular flexibility index (Phi) is 8.19. The van der Waals surface area contributed by atoms with E-state index in [1.807, 2.05) is 0 Å². The summed E-state index contributed by atoms with van der Waals surface area (Å²) in [7, 11) is 3.38. The van der Waals surface area contributed by atoms with Gasteiger partial charge in [0.2, 0.25) is 6.41 Å². The molecule has 0 bridgehead atoms. The monoisotopic (exact) mass is 199 g/mol. The summed E-state index contributed by atoms with van der Waals surface area (Å²) in [4.78, 5) is 21.7. The Morgan fingerprint density at radius 3 is 1.71 bits per heavy atom. The van der Waals surface area contributed by atoms with E-state index in [1.165, 1.54) is 24.2 Å². The molecular formula is C11H21NO2. The lowest BCUT2D eigenvalue weighted by Gasteiger charge is -2.05. The number of nitrogens with zero attached hydrogens (tertiary/aromatic N) is 1. The van der Waals surface area contributed by atoms with E-state index in [0.29, 0.717) is 5.78 Å². The minimum atomic E-state index is 0.481. The largest absolute Gasteiger partial charge is 0.351 e. The van der Waals surface area contributed by atoms with Gasteiger partial charge in [-0.2, -0.15) is 0 Å². The van der Waals surface area contributed by atoms with E-state index in [9.17, 15) is 9.59 Å². The van der Waals surface area contributed by atoms with Gasteiger partial charge >= 0.3 is 0 Å². The number of Topliss-reactive ketones (excluding diaryl/α,β-unsaturated/α-hetero) is 1. The molecule has 1 amide bonds. The van der Waals surface area contributed by atoms with Crippen LogP contribution in [0.2, 0.25) is 0 Å². The zero-order chi connectivity index (χ0) is 10.8. The fourth-order valence-corrected chi connectivity index (χ4v) is 1.30. The molecule has 3 nitrogen and oxygen atoms in total. The predicted octanol–water partition coefficient (Wildman–Crippen LogP) is 2.00. The van der Waals surface area contributed by atoms with Crippen molar-refractivity contribution in [2.75, 3.05) is 14.1 Å². The molecule has 1 rings (SSSR count). The summed E-state index contributed by atoms with van der Waals surface area (Å²) < 4.78 is 0. The van der Waals surface area contributed by atoms with Crippen molar-refractivity contribution in [3.05, 3.63) is 0 Å². The average Bonchev–Trinajstić information content (AvgIpc) is 2.12. The maximum Gasteiger partial charge on any atom is 0.209 e. The van der Waals surface area contributed by atoms with Crippen LogP contribution in [0.15, 0.2) is 0 Å². The van der Waals surface area contributed by atoms with Crippen molar-refractivity contribution in [3.63, 3.8) is 0 Å². The van der Waals surface area contributed by atoms with Gasteiger partial charge in [0.25, 0.3) is 0 Å². The molecule has 1 fully saturated rings. The van der Waals surface area contributed by atoms with Crippen molar-refractivity contribution in [3.8, 4) is 0 Å². The maximum atomic E-state index is 10.8. The van der Waals surface area contributed by atoms with Crippen LogP contribution in [0.3, 0.4) is 0 Å². The highest BCUT2D eigenvalue weighted by atomic mass is 16.1. The van der Waals surface area contributed by atoms with Gasteiger partial charge in [0.05, 0.1) is 0 Å². The minimum Gasteiger partial charge on any atom is -0.351 e. The quantitative estimate of drug-likeness (QED) is 0.606. The molecule has 1 aliphatic carbocycles. The summed E-state index contributed by atoms with van der Waals surface area (Å²) in [5, 5.41) is 0. The number of carbonyl (C=O) groups excluding carboxylic acids is 2. The number of hydrogen-bond donors (Lipinski definition) is 0. The Balaban J connectivity index is 0.000000292. The normalized spacial score (nSPS) is 17.1. The number of carbonyl (C=O) groups is 2. The maximum absolute atomic E-state index is 10.8. The molecule has 82 valence electrons. The van der Waals surface area contributed by atoms with Crippen LogP contribution in [0.5, 0.6) is 0 Å². The average molecular weight is 199 g/mol. The molecule has 0 saturated heterocycles. The molecule has 14 heavy (non-hydrogen) atoms. The van der Waals surface area contributed by atoms with Crippen molar-refractivity contribution >= 4 is 12.2 Å². The second kappa shape index (κ2) is 8.73. The van der Waals surface area contributed by atoms with E-state index in [2.05, 4.69) is 0 Å². The number of hydrogen-bond acceptors (Lipinski definition) is 2. The van der Waals surface area contributed by atoms with Crippen LogP contribution >= 0.6 is 0 Å². The summed E-state index contributed by atoms with van der Waals surface area (Å²) in [6.07, 6.45) is 8.60. The van der Waals surface area contributed by atoms with Gasteiger partial charge in [0.1, 0.15) is 5.78 Å². The molecule has 1 aliphatic rings. The molecule has 0 radical (unpaired) electrons. The third-order valence-electron chi connectivity index (χ3n) is 2.12. The van der Waals surface area contributed by atoms with Crippen LogP contribution in [-0.4, -0.2) is 31.2 Å². The highest BCUT2D eigenvalue weighted by Crippen LogP contribution is 2.13. The van der Waals surface area contributed by atoms with Crippen LogP contribution < -0.4 is 0 Å². The van der Waals surface area contributed by atoms with E-state index >= 15 is 0 Å². The number of rotatable bonds is 1. The van der Waals surface area contributed by atoms with Crippen LogP contribution in [0, 0.1) is 0 Å². The SMILES string of the molecule is CN(C)C=O.O=C1CCCCCCC1. The lowest BCUT2D eigenvalue weighted by Crippen LogP contribution is -2.06. The molecule has 0 heterocycles. The standard InChI is InChI=1S/C8H14O.C3H7NO/c9-8-6-4-2-1-3-5-7-8;1-4(2)3-5/h1-7H2;3H,1-2H3. The van der Waals surface area contributed by atoms with Crippen molar-refractivity contribution in [1.29, 1.82) is 0 Å². The van der Waals surface area contributed by atoms with Crippen LogP contribution in [-0.2, 0) is 9.59 Å². The van der Waals surface area contributed by atoms with Gasteiger partial charge < -0.3 is 4.90 Å². The number of ketones is 1. The van der Waals surface area contributed by atoms with E-state index in [4.69, 9.17) is 0 Å². The lowest BCUT2D eigenvalue weighted by atomic mass is 10.0. The van der Waals surface area contributed by atoms with Gasteiger partial charge in [-0.25, -0.2) is 0 Å². The van der Waals surface area contributed by atoms with E-state index in [0.717, 1.165) is 32.1 Å². The molecule has 0 aliphatic heterocycles. The van der Waals surface area contributed by atoms with Gasteiger partial charge in [0, 0.05) is 26.9 Å². The van der Waals surface area contributed by atoms with E-state index < -0.39 is 0 Å². The third kappa shape index (κ3) is 9.23. The highest BCUT2D eigenvalue weighted by molar-refractivity contribution is 5.78. The van der Waals surface area contributed by atoms with Crippen molar-refractivity contribution in [1.82, 2.24) is 4.90 Å². The second-order valence-electron chi connectivity index (χ2n) is 3.88. The summed E-state index contributed by atoms with van der Waals surface area (Å²) in [5.41, 5.74) is 0. The van der Waals surface area contributed by atoms with Crippen LogP contribution in [0.1, 0.15) is 44.9 Å².